The Hall–Kier alpha value is -1.86. The van der Waals surface area contributed by atoms with Crippen molar-refractivity contribution in [3.63, 3.8) is 0 Å². The number of anilines is 1. The highest BCUT2D eigenvalue weighted by Crippen LogP contribution is 2.27. The van der Waals surface area contributed by atoms with Crippen LogP contribution in [0.15, 0.2) is 12.3 Å². The number of aromatic nitrogens is 2. The van der Waals surface area contributed by atoms with Crippen molar-refractivity contribution in [2.24, 2.45) is 5.73 Å². The van der Waals surface area contributed by atoms with E-state index in [-0.39, 0.29) is 12.4 Å². The van der Waals surface area contributed by atoms with Gasteiger partial charge in [-0.1, -0.05) is 0 Å². The minimum Gasteiger partial charge on any atom is -0.370 e. The van der Waals surface area contributed by atoms with E-state index in [0.717, 1.165) is 12.3 Å². The van der Waals surface area contributed by atoms with Crippen molar-refractivity contribution in [2.45, 2.75) is 25.4 Å². The van der Waals surface area contributed by atoms with Gasteiger partial charge in [0.2, 0.25) is 11.9 Å². The number of carbonyl (C=O) groups is 1. The molecule has 1 aromatic heterocycles. The maximum absolute atomic E-state index is 12.3. The molecule has 1 rings (SSSR count). The van der Waals surface area contributed by atoms with E-state index in [1.54, 1.807) is 0 Å². The molecule has 3 N–H and O–H groups in total. The van der Waals surface area contributed by atoms with Crippen LogP contribution in [-0.2, 0) is 11.0 Å². The number of halogens is 3. The number of alkyl halides is 3. The van der Waals surface area contributed by atoms with E-state index in [0.29, 0.717) is 19.4 Å². The fourth-order valence-corrected chi connectivity index (χ4v) is 1.23. The molecule has 1 heterocycles. The predicted octanol–water partition coefficient (Wildman–Crippen LogP) is 1.56. The molecule has 18 heavy (non-hydrogen) atoms. The Balaban J connectivity index is 2.41. The molecule has 0 bridgehead atoms. The number of nitrogens with two attached hydrogens (primary N) is 1. The first-order chi connectivity index (χ1) is 8.39. The first-order valence-electron chi connectivity index (χ1n) is 5.32. The summed E-state index contributed by atoms with van der Waals surface area (Å²) in [6.45, 7) is 0.384. The lowest BCUT2D eigenvalue weighted by Crippen LogP contribution is -2.13. The molecule has 0 unspecified atom stereocenters. The van der Waals surface area contributed by atoms with Crippen LogP contribution in [0.25, 0.3) is 0 Å². The molecule has 0 spiro atoms. The number of unbranched alkanes of at least 4 members (excludes halogenated alkanes) is 1. The van der Waals surface area contributed by atoms with Crippen LogP contribution in [0.1, 0.15) is 25.0 Å². The maximum Gasteiger partial charge on any atom is 0.433 e. The molecule has 0 atom stereocenters. The lowest BCUT2D eigenvalue weighted by Gasteiger charge is -2.08. The Morgan fingerprint density at radius 1 is 1.39 bits per heavy atom. The average molecular weight is 262 g/mol. The van der Waals surface area contributed by atoms with Gasteiger partial charge in [0.05, 0.1) is 0 Å². The molecule has 0 aliphatic rings. The Kier molecular flexibility index (Phi) is 4.87. The van der Waals surface area contributed by atoms with Gasteiger partial charge in [-0.05, 0) is 18.9 Å². The number of carbonyl (C=O) groups excluding carboxylic acids is 1. The zero-order chi connectivity index (χ0) is 13.6. The molecule has 1 aromatic rings. The first-order valence-corrected chi connectivity index (χ1v) is 5.32. The smallest absolute Gasteiger partial charge is 0.370 e. The zero-order valence-electron chi connectivity index (χ0n) is 9.50. The summed E-state index contributed by atoms with van der Waals surface area (Å²) in [5.41, 5.74) is 3.96. The van der Waals surface area contributed by atoms with Crippen molar-refractivity contribution in [1.29, 1.82) is 0 Å². The molecular formula is C10H13F3N4O. The summed E-state index contributed by atoms with van der Waals surface area (Å²) in [4.78, 5) is 17.4. The van der Waals surface area contributed by atoms with Crippen molar-refractivity contribution in [3.8, 4) is 0 Å². The van der Waals surface area contributed by atoms with Gasteiger partial charge >= 0.3 is 6.18 Å². The van der Waals surface area contributed by atoms with Crippen LogP contribution in [0.2, 0.25) is 0 Å². The largest absolute Gasteiger partial charge is 0.433 e. The van der Waals surface area contributed by atoms with Crippen LogP contribution in [-0.4, -0.2) is 22.4 Å². The van der Waals surface area contributed by atoms with Gasteiger partial charge in [-0.15, -0.1) is 0 Å². The number of nitrogens with one attached hydrogen (secondary N) is 1. The molecule has 0 aliphatic heterocycles. The lowest BCUT2D eigenvalue weighted by molar-refractivity contribution is -0.141. The van der Waals surface area contributed by atoms with Gasteiger partial charge in [0, 0.05) is 19.2 Å². The van der Waals surface area contributed by atoms with Crippen LogP contribution >= 0.6 is 0 Å². The molecule has 1 amide bonds. The minimum absolute atomic E-state index is 0.0797. The van der Waals surface area contributed by atoms with Gasteiger partial charge in [-0.3, -0.25) is 4.79 Å². The molecule has 0 saturated carbocycles. The second-order valence-corrected chi connectivity index (χ2v) is 3.61. The SMILES string of the molecule is NC(=O)CCCCNc1nccc(C(F)(F)F)n1. The molecule has 0 aromatic carbocycles. The quantitative estimate of drug-likeness (QED) is 0.762. The van der Waals surface area contributed by atoms with E-state index in [4.69, 9.17) is 5.73 Å². The molecular weight excluding hydrogens is 249 g/mol. The maximum atomic E-state index is 12.3. The van der Waals surface area contributed by atoms with Crippen LogP contribution in [0.5, 0.6) is 0 Å². The zero-order valence-corrected chi connectivity index (χ0v) is 9.50. The number of nitrogens with zero attached hydrogens (tertiary/aromatic N) is 2. The van der Waals surface area contributed by atoms with E-state index in [9.17, 15) is 18.0 Å². The van der Waals surface area contributed by atoms with Crippen LogP contribution in [0.4, 0.5) is 19.1 Å². The highest BCUT2D eigenvalue weighted by molar-refractivity contribution is 5.73. The van der Waals surface area contributed by atoms with Gasteiger partial charge in [-0.25, -0.2) is 9.97 Å². The first kappa shape index (κ1) is 14.2. The molecule has 0 fully saturated rings. The summed E-state index contributed by atoms with van der Waals surface area (Å²) in [6.07, 6.45) is -2.01. The molecule has 5 nitrogen and oxygen atoms in total. The number of rotatable bonds is 6. The van der Waals surface area contributed by atoms with E-state index >= 15 is 0 Å². The van der Waals surface area contributed by atoms with Gasteiger partial charge < -0.3 is 11.1 Å². The summed E-state index contributed by atoms with van der Waals surface area (Å²) in [6, 6.07) is 0.804. The fraction of sp³-hybridized carbons (Fsp3) is 0.500. The topological polar surface area (TPSA) is 80.9 Å². The molecule has 0 aliphatic carbocycles. The van der Waals surface area contributed by atoms with Gasteiger partial charge in [0.25, 0.3) is 0 Å². The summed E-state index contributed by atoms with van der Waals surface area (Å²) in [5, 5.41) is 2.66. The van der Waals surface area contributed by atoms with E-state index < -0.39 is 17.8 Å². The van der Waals surface area contributed by atoms with E-state index in [2.05, 4.69) is 15.3 Å². The van der Waals surface area contributed by atoms with Crippen molar-refractivity contribution < 1.29 is 18.0 Å². The van der Waals surface area contributed by atoms with Gasteiger partial charge in [0.15, 0.2) is 0 Å². The highest BCUT2D eigenvalue weighted by Gasteiger charge is 2.32. The van der Waals surface area contributed by atoms with E-state index in [1.165, 1.54) is 0 Å². The Morgan fingerprint density at radius 2 is 2.11 bits per heavy atom. The second kappa shape index (κ2) is 6.18. The van der Waals surface area contributed by atoms with Crippen molar-refractivity contribution >= 4 is 11.9 Å². The number of hydrogen-bond donors (Lipinski definition) is 2. The van der Waals surface area contributed by atoms with E-state index in [1.807, 2.05) is 0 Å². The molecule has 0 radical (unpaired) electrons. The second-order valence-electron chi connectivity index (χ2n) is 3.61. The van der Waals surface area contributed by atoms with Gasteiger partial charge in [-0.2, -0.15) is 13.2 Å². The fourth-order valence-electron chi connectivity index (χ4n) is 1.23. The standard InChI is InChI=1S/C10H13F3N4O/c11-10(12,13)7-4-6-16-9(17-7)15-5-2-1-3-8(14)18/h4,6H,1-3,5H2,(H2,14,18)(H,15,16,17). The third-order valence-corrected chi connectivity index (χ3v) is 2.08. The highest BCUT2D eigenvalue weighted by atomic mass is 19.4. The number of amides is 1. The Bertz CT molecular complexity index is 408. The normalized spacial score (nSPS) is 11.3. The summed E-state index contributed by atoms with van der Waals surface area (Å²) >= 11 is 0. The minimum atomic E-state index is -4.48. The van der Waals surface area contributed by atoms with Crippen molar-refractivity contribution in [2.75, 3.05) is 11.9 Å². The summed E-state index contributed by atoms with van der Waals surface area (Å²) in [7, 11) is 0. The molecule has 8 heteroatoms. The molecule has 0 saturated heterocycles. The summed E-state index contributed by atoms with van der Waals surface area (Å²) < 4.78 is 37.0. The number of primary amides is 1. The summed E-state index contributed by atoms with van der Waals surface area (Å²) in [5.74, 6) is -0.478. The molecule has 100 valence electrons. The Morgan fingerprint density at radius 3 is 2.72 bits per heavy atom. The number of hydrogen-bond acceptors (Lipinski definition) is 4. The van der Waals surface area contributed by atoms with Crippen molar-refractivity contribution in [3.05, 3.63) is 18.0 Å². The van der Waals surface area contributed by atoms with Crippen molar-refractivity contribution in [1.82, 2.24) is 9.97 Å². The lowest BCUT2D eigenvalue weighted by atomic mass is 10.2. The third kappa shape index (κ3) is 4.98. The average Bonchev–Trinajstić information content (AvgIpc) is 2.27. The van der Waals surface area contributed by atoms with Crippen LogP contribution < -0.4 is 11.1 Å². The van der Waals surface area contributed by atoms with Gasteiger partial charge in [0.1, 0.15) is 5.69 Å². The Labute approximate surface area is 102 Å². The predicted molar refractivity (Wildman–Crippen MR) is 58.6 cm³/mol. The third-order valence-electron chi connectivity index (χ3n) is 2.08. The monoisotopic (exact) mass is 262 g/mol. The van der Waals surface area contributed by atoms with Crippen LogP contribution in [0, 0.1) is 0 Å². The van der Waals surface area contributed by atoms with Crippen LogP contribution in [0.3, 0.4) is 0 Å².